The SMILES string of the molecule is COC(=O)C(C)(C)Cn1cnc2c(Cl)nc(Cl)nc21. The van der Waals surface area contributed by atoms with Gasteiger partial charge in [-0.25, -0.2) is 9.97 Å². The van der Waals surface area contributed by atoms with Gasteiger partial charge in [-0.3, -0.25) is 4.79 Å². The smallest absolute Gasteiger partial charge is 0.313 e. The highest BCUT2D eigenvalue weighted by Gasteiger charge is 2.30. The molecule has 2 aromatic rings. The molecule has 0 radical (unpaired) electrons. The molecule has 0 N–H and O–H groups in total. The molecular formula is C11H12Cl2N4O2. The van der Waals surface area contributed by atoms with E-state index < -0.39 is 5.41 Å². The van der Waals surface area contributed by atoms with E-state index in [4.69, 9.17) is 27.9 Å². The molecule has 0 saturated carbocycles. The van der Waals surface area contributed by atoms with Crippen molar-refractivity contribution >= 4 is 40.3 Å². The summed E-state index contributed by atoms with van der Waals surface area (Å²) >= 11 is 11.7. The van der Waals surface area contributed by atoms with Gasteiger partial charge in [0.25, 0.3) is 0 Å². The number of esters is 1. The Bertz CT molecular complexity index is 639. The van der Waals surface area contributed by atoms with Gasteiger partial charge in [-0.15, -0.1) is 0 Å². The predicted molar refractivity (Wildman–Crippen MR) is 71.1 cm³/mol. The Morgan fingerprint density at radius 1 is 1.42 bits per heavy atom. The first-order chi connectivity index (χ1) is 8.85. The monoisotopic (exact) mass is 302 g/mol. The van der Waals surface area contributed by atoms with Gasteiger partial charge in [0.15, 0.2) is 10.8 Å². The zero-order valence-electron chi connectivity index (χ0n) is 10.6. The highest BCUT2D eigenvalue weighted by Crippen LogP contribution is 2.25. The van der Waals surface area contributed by atoms with Crippen LogP contribution in [0.2, 0.25) is 10.4 Å². The molecule has 0 aliphatic heterocycles. The minimum Gasteiger partial charge on any atom is -0.469 e. The largest absolute Gasteiger partial charge is 0.469 e. The Balaban J connectivity index is 2.44. The van der Waals surface area contributed by atoms with E-state index in [0.717, 1.165) is 0 Å². The van der Waals surface area contributed by atoms with Gasteiger partial charge < -0.3 is 9.30 Å². The van der Waals surface area contributed by atoms with E-state index in [-0.39, 0.29) is 16.4 Å². The summed E-state index contributed by atoms with van der Waals surface area (Å²) in [5.41, 5.74) is 0.223. The quantitative estimate of drug-likeness (QED) is 0.494. The lowest BCUT2D eigenvalue weighted by atomic mass is 9.94. The summed E-state index contributed by atoms with van der Waals surface area (Å²) in [5.74, 6) is -0.319. The normalized spacial score (nSPS) is 11.8. The maximum Gasteiger partial charge on any atom is 0.313 e. The number of aromatic nitrogens is 4. The van der Waals surface area contributed by atoms with Gasteiger partial charge in [0, 0.05) is 6.54 Å². The number of carbonyl (C=O) groups is 1. The molecule has 2 aromatic heterocycles. The lowest BCUT2D eigenvalue weighted by molar-refractivity contribution is -0.151. The molecule has 2 rings (SSSR count). The molecule has 0 aliphatic carbocycles. The van der Waals surface area contributed by atoms with Crippen LogP contribution in [0.3, 0.4) is 0 Å². The number of fused-ring (bicyclic) bond motifs is 1. The fourth-order valence-corrected chi connectivity index (χ4v) is 2.19. The molecule has 0 amide bonds. The average Bonchev–Trinajstić information content (AvgIpc) is 2.71. The topological polar surface area (TPSA) is 69.9 Å². The molecule has 0 atom stereocenters. The third-order valence-corrected chi connectivity index (χ3v) is 3.13. The molecule has 19 heavy (non-hydrogen) atoms. The van der Waals surface area contributed by atoms with Crippen LogP contribution in [-0.4, -0.2) is 32.6 Å². The highest BCUT2D eigenvalue weighted by molar-refractivity contribution is 6.35. The average molecular weight is 303 g/mol. The zero-order valence-corrected chi connectivity index (χ0v) is 12.2. The molecule has 6 nitrogen and oxygen atoms in total. The maximum absolute atomic E-state index is 11.7. The van der Waals surface area contributed by atoms with Gasteiger partial charge in [0.1, 0.15) is 5.52 Å². The molecule has 102 valence electrons. The standard InChI is InChI=1S/C11H12Cl2N4O2/c1-11(2,9(18)19-3)4-17-5-14-6-7(12)15-10(13)16-8(6)17/h5H,4H2,1-3H3. The number of nitrogens with zero attached hydrogens (tertiary/aromatic N) is 4. The first kappa shape index (κ1) is 14.0. The number of halogens is 2. The summed E-state index contributed by atoms with van der Waals surface area (Å²) in [6, 6.07) is 0. The first-order valence-corrected chi connectivity index (χ1v) is 6.23. The van der Waals surface area contributed by atoms with Crippen molar-refractivity contribution < 1.29 is 9.53 Å². The van der Waals surface area contributed by atoms with Gasteiger partial charge in [0.05, 0.1) is 18.9 Å². The summed E-state index contributed by atoms with van der Waals surface area (Å²) in [6.07, 6.45) is 1.55. The van der Waals surface area contributed by atoms with Crippen LogP contribution in [0.15, 0.2) is 6.33 Å². The molecule has 0 unspecified atom stereocenters. The molecule has 8 heteroatoms. The van der Waals surface area contributed by atoms with E-state index in [2.05, 4.69) is 15.0 Å². The van der Waals surface area contributed by atoms with Crippen LogP contribution in [0.5, 0.6) is 0 Å². The minimum absolute atomic E-state index is 0.0372. The number of rotatable bonds is 3. The number of ether oxygens (including phenoxy) is 1. The van der Waals surface area contributed by atoms with Crippen LogP contribution in [0.1, 0.15) is 13.8 Å². The van der Waals surface area contributed by atoms with Crippen molar-refractivity contribution in [2.45, 2.75) is 20.4 Å². The predicted octanol–water partition coefficient (Wildman–Crippen LogP) is 2.33. The van der Waals surface area contributed by atoms with E-state index in [1.807, 2.05) is 0 Å². The van der Waals surface area contributed by atoms with Crippen molar-refractivity contribution in [2.24, 2.45) is 5.41 Å². The van der Waals surface area contributed by atoms with Crippen LogP contribution in [0, 0.1) is 5.41 Å². The van der Waals surface area contributed by atoms with Crippen LogP contribution >= 0.6 is 23.2 Å². The summed E-state index contributed by atoms with van der Waals surface area (Å²) in [6.45, 7) is 3.89. The van der Waals surface area contributed by atoms with Crippen molar-refractivity contribution in [3.8, 4) is 0 Å². The van der Waals surface area contributed by atoms with Crippen LogP contribution < -0.4 is 0 Å². The molecule has 0 aromatic carbocycles. The minimum atomic E-state index is -0.716. The molecule has 0 aliphatic rings. The number of imidazole rings is 1. The van der Waals surface area contributed by atoms with Gasteiger partial charge in [-0.2, -0.15) is 4.98 Å². The van der Waals surface area contributed by atoms with E-state index in [1.165, 1.54) is 7.11 Å². The Kier molecular flexibility index (Phi) is 3.64. The highest BCUT2D eigenvalue weighted by atomic mass is 35.5. The zero-order chi connectivity index (χ0) is 14.2. The van der Waals surface area contributed by atoms with E-state index >= 15 is 0 Å². The van der Waals surface area contributed by atoms with Gasteiger partial charge in [-0.1, -0.05) is 11.6 Å². The van der Waals surface area contributed by atoms with Crippen molar-refractivity contribution in [3.63, 3.8) is 0 Å². The number of methoxy groups -OCH3 is 1. The first-order valence-electron chi connectivity index (χ1n) is 5.47. The number of hydrogen-bond donors (Lipinski definition) is 0. The van der Waals surface area contributed by atoms with E-state index in [9.17, 15) is 4.79 Å². The van der Waals surface area contributed by atoms with Gasteiger partial charge >= 0.3 is 5.97 Å². The van der Waals surface area contributed by atoms with Gasteiger partial charge in [0.2, 0.25) is 5.28 Å². The lowest BCUT2D eigenvalue weighted by Gasteiger charge is -2.21. The Morgan fingerprint density at radius 3 is 2.74 bits per heavy atom. The van der Waals surface area contributed by atoms with E-state index in [1.54, 1.807) is 24.7 Å². The lowest BCUT2D eigenvalue weighted by Crippen LogP contribution is -2.30. The summed E-state index contributed by atoms with van der Waals surface area (Å²) in [5, 5.41) is 0.222. The summed E-state index contributed by atoms with van der Waals surface area (Å²) < 4.78 is 6.47. The second-order valence-corrected chi connectivity index (χ2v) is 5.40. The van der Waals surface area contributed by atoms with Crippen LogP contribution in [0.4, 0.5) is 0 Å². The van der Waals surface area contributed by atoms with Crippen LogP contribution in [-0.2, 0) is 16.1 Å². The third kappa shape index (κ3) is 2.64. The Morgan fingerprint density at radius 2 is 2.11 bits per heavy atom. The van der Waals surface area contributed by atoms with Gasteiger partial charge in [-0.05, 0) is 25.4 Å². The fourth-order valence-electron chi connectivity index (χ4n) is 1.77. The van der Waals surface area contributed by atoms with Crippen molar-refractivity contribution in [2.75, 3.05) is 7.11 Å². The number of carbonyl (C=O) groups excluding carboxylic acids is 1. The fraction of sp³-hybridized carbons (Fsp3) is 0.455. The second-order valence-electron chi connectivity index (χ2n) is 4.70. The molecule has 0 spiro atoms. The molecule has 2 heterocycles. The van der Waals surface area contributed by atoms with Crippen molar-refractivity contribution in [3.05, 3.63) is 16.8 Å². The van der Waals surface area contributed by atoms with Crippen LogP contribution in [0.25, 0.3) is 11.2 Å². The molecule has 0 saturated heterocycles. The Labute approximate surface area is 119 Å². The molecule has 0 bridgehead atoms. The molecule has 0 fully saturated rings. The summed E-state index contributed by atoms with van der Waals surface area (Å²) in [4.78, 5) is 23.7. The van der Waals surface area contributed by atoms with E-state index in [0.29, 0.717) is 17.7 Å². The van der Waals surface area contributed by atoms with Crippen molar-refractivity contribution in [1.82, 2.24) is 19.5 Å². The Hall–Kier alpha value is -1.40. The van der Waals surface area contributed by atoms with Crippen molar-refractivity contribution in [1.29, 1.82) is 0 Å². The number of hydrogen-bond acceptors (Lipinski definition) is 5. The second kappa shape index (κ2) is 4.94. The third-order valence-electron chi connectivity index (χ3n) is 2.70. The summed E-state index contributed by atoms with van der Waals surface area (Å²) in [7, 11) is 1.35. The molecular weight excluding hydrogens is 291 g/mol. The maximum atomic E-state index is 11.7.